The molecule has 0 bridgehead atoms. The van der Waals surface area contributed by atoms with Crippen LogP contribution in [0.25, 0.3) is 10.9 Å². The lowest BCUT2D eigenvalue weighted by Gasteiger charge is -2.35. The van der Waals surface area contributed by atoms with Gasteiger partial charge >= 0.3 is 6.09 Å². The summed E-state index contributed by atoms with van der Waals surface area (Å²) in [5.41, 5.74) is 1.20. The monoisotopic (exact) mass is 474 g/mol. The van der Waals surface area contributed by atoms with Crippen LogP contribution in [0.15, 0.2) is 53.8 Å². The SMILES string of the molecule is COC1=C(C(C)C)C=CCC1(C)S(=O)(=O)n1c(CNC(=O)OC(C)(C)C)cc2ccccc21. The van der Waals surface area contributed by atoms with Gasteiger partial charge in [0.25, 0.3) is 10.0 Å². The van der Waals surface area contributed by atoms with Crippen molar-refractivity contribution in [3.8, 4) is 0 Å². The van der Waals surface area contributed by atoms with Crippen molar-refractivity contribution in [1.82, 2.24) is 9.29 Å². The van der Waals surface area contributed by atoms with Crippen LogP contribution in [-0.4, -0.2) is 35.9 Å². The molecule has 0 aliphatic heterocycles. The zero-order chi connectivity index (χ0) is 24.6. The minimum absolute atomic E-state index is 0.00217. The zero-order valence-electron chi connectivity index (χ0n) is 20.4. The fourth-order valence-corrected chi connectivity index (χ4v) is 6.16. The number of hydrogen-bond acceptors (Lipinski definition) is 5. The van der Waals surface area contributed by atoms with E-state index in [1.807, 2.05) is 38.1 Å². The van der Waals surface area contributed by atoms with Crippen LogP contribution in [0, 0.1) is 5.92 Å². The Morgan fingerprint density at radius 2 is 1.91 bits per heavy atom. The number of hydrogen-bond donors (Lipinski definition) is 1. The predicted octanol–water partition coefficient (Wildman–Crippen LogP) is 5.12. The molecule has 1 atom stereocenters. The van der Waals surface area contributed by atoms with Gasteiger partial charge in [0, 0.05) is 5.39 Å². The van der Waals surface area contributed by atoms with Crippen LogP contribution < -0.4 is 5.32 Å². The van der Waals surface area contributed by atoms with E-state index in [1.54, 1.807) is 45.9 Å². The molecule has 0 fully saturated rings. The number of methoxy groups -OCH3 is 1. The summed E-state index contributed by atoms with van der Waals surface area (Å²) >= 11 is 0. The van der Waals surface area contributed by atoms with Crippen LogP contribution in [0.2, 0.25) is 0 Å². The number of ether oxygens (including phenoxy) is 2. The van der Waals surface area contributed by atoms with E-state index in [-0.39, 0.29) is 18.9 Å². The Bertz CT molecular complexity index is 1220. The lowest BCUT2D eigenvalue weighted by molar-refractivity contribution is 0.0522. The number of para-hydroxylation sites is 1. The van der Waals surface area contributed by atoms with Gasteiger partial charge < -0.3 is 14.8 Å². The molecule has 1 aliphatic rings. The number of nitrogens with one attached hydrogen (secondary N) is 1. The third-order valence-corrected chi connectivity index (χ3v) is 8.14. The molecular formula is C25H34N2O5S. The van der Waals surface area contributed by atoms with Gasteiger partial charge in [0.15, 0.2) is 0 Å². The highest BCUT2D eigenvalue weighted by atomic mass is 32.2. The summed E-state index contributed by atoms with van der Waals surface area (Å²) in [4.78, 5) is 12.3. The Hall–Kier alpha value is -2.74. The average molecular weight is 475 g/mol. The van der Waals surface area contributed by atoms with Gasteiger partial charge in [-0.1, -0.05) is 44.2 Å². The minimum atomic E-state index is -4.00. The highest BCUT2D eigenvalue weighted by Gasteiger charge is 2.48. The Morgan fingerprint density at radius 3 is 2.52 bits per heavy atom. The number of nitrogens with zero attached hydrogens (tertiary/aromatic N) is 1. The fourth-order valence-electron chi connectivity index (χ4n) is 4.17. The van der Waals surface area contributed by atoms with Crippen molar-refractivity contribution >= 4 is 27.0 Å². The molecule has 1 aliphatic carbocycles. The van der Waals surface area contributed by atoms with E-state index < -0.39 is 26.5 Å². The van der Waals surface area contributed by atoms with Gasteiger partial charge in [-0.3, -0.25) is 0 Å². The molecule has 33 heavy (non-hydrogen) atoms. The molecule has 7 nitrogen and oxygen atoms in total. The summed E-state index contributed by atoms with van der Waals surface area (Å²) in [6.45, 7) is 11.0. The van der Waals surface area contributed by atoms with Crippen LogP contribution in [0.1, 0.15) is 53.7 Å². The second-order valence-corrected chi connectivity index (χ2v) is 12.0. The summed E-state index contributed by atoms with van der Waals surface area (Å²) in [6.07, 6.45) is 3.50. The van der Waals surface area contributed by atoms with Crippen molar-refractivity contribution in [2.24, 2.45) is 5.92 Å². The van der Waals surface area contributed by atoms with E-state index in [9.17, 15) is 13.2 Å². The van der Waals surface area contributed by atoms with Crippen LogP contribution >= 0.6 is 0 Å². The molecule has 1 N–H and O–H groups in total. The highest BCUT2D eigenvalue weighted by molar-refractivity contribution is 7.91. The first kappa shape index (κ1) is 24.9. The van der Waals surface area contributed by atoms with E-state index in [4.69, 9.17) is 9.47 Å². The van der Waals surface area contributed by atoms with E-state index in [0.29, 0.717) is 17.0 Å². The first-order chi connectivity index (χ1) is 15.3. The molecule has 1 unspecified atom stereocenters. The van der Waals surface area contributed by atoms with Crippen molar-refractivity contribution in [3.05, 3.63) is 59.5 Å². The fraction of sp³-hybridized carbons (Fsp3) is 0.480. The van der Waals surface area contributed by atoms with Crippen LogP contribution in [-0.2, 0) is 26.0 Å². The molecule has 0 saturated heterocycles. The molecule has 1 heterocycles. The van der Waals surface area contributed by atoms with Gasteiger partial charge in [-0.15, -0.1) is 0 Å². The van der Waals surface area contributed by atoms with Gasteiger partial charge in [-0.25, -0.2) is 17.2 Å². The van der Waals surface area contributed by atoms with Crippen LogP contribution in [0.5, 0.6) is 0 Å². The van der Waals surface area contributed by atoms with Gasteiger partial charge in [-0.2, -0.15) is 0 Å². The van der Waals surface area contributed by atoms with Crippen molar-refractivity contribution in [3.63, 3.8) is 0 Å². The van der Waals surface area contributed by atoms with Gasteiger partial charge in [0.05, 0.1) is 24.9 Å². The van der Waals surface area contributed by atoms with Crippen LogP contribution in [0.3, 0.4) is 0 Å². The average Bonchev–Trinajstić information content (AvgIpc) is 3.09. The summed E-state index contributed by atoms with van der Waals surface area (Å²) in [5.74, 6) is 0.546. The molecular weight excluding hydrogens is 440 g/mol. The Labute approximate surface area is 196 Å². The van der Waals surface area contributed by atoms with E-state index in [2.05, 4.69) is 5.32 Å². The summed E-state index contributed by atoms with van der Waals surface area (Å²) in [6, 6.07) is 9.06. The minimum Gasteiger partial charge on any atom is -0.499 e. The van der Waals surface area contributed by atoms with Crippen molar-refractivity contribution in [2.75, 3.05) is 7.11 Å². The number of aromatic nitrogens is 1. The first-order valence-corrected chi connectivity index (χ1v) is 12.5. The third-order valence-electron chi connectivity index (χ3n) is 5.73. The molecule has 0 radical (unpaired) electrons. The zero-order valence-corrected chi connectivity index (χ0v) is 21.2. The number of allylic oxidation sites excluding steroid dienone is 3. The molecule has 2 aromatic rings. The summed E-state index contributed by atoms with van der Waals surface area (Å²) < 4.78 is 39.7. The predicted molar refractivity (Wildman–Crippen MR) is 130 cm³/mol. The second kappa shape index (κ2) is 8.89. The number of carbonyl (C=O) groups is 1. The Morgan fingerprint density at radius 1 is 1.24 bits per heavy atom. The molecule has 3 rings (SSSR count). The maximum atomic E-state index is 14.3. The van der Waals surface area contributed by atoms with Gasteiger partial charge in [0.1, 0.15) is 16.1 Å². The maximum absolute atomic E-state index is 14.3. The summed E-state index contributed by atoms with van der Waals surface area (Å²) in [5, 5.41) is 3.46. The normalized spacial score (nSPS) is 19.3. The molecule has 8 heteroatoms. The molecule has 1 aromatic carbocycles. The number of alkyl carbamates (subject to hydrolysis) is 1. The van der Waals surface area contributed by atoms with Crippen molar-refractivity contribution in [2.45, 2.75) is 64.9 Å². The topological polar surface area (TPSA) is 86.6 Å². The van der Waals surface area contributed by atoms with Crippen molar-refractivity contribution in [1.29, 1.82) is 0 Å². The molecule has 0 spiro atoms. The maximum Gasteiger partial charge on any atom is 0.407 e. The standard InChI is InChI=1S/C25H34N2O5S/c1-17(2)20-12-10-14-25(6,22(20)31-7)33(29,30)27-19(15-18-11-8-9-13-21(18)27)16-26-23(28)32-24(3,4)5/h8-13,15,17H,14,16H2,1-7H3,(H,26,28). The summed E-state index contributed by atoms with van der Waals surface area (Å²) in [7, 11) is -2.48. The molecule has 180 valence electrons. The molecule has 1 aromatic heterocycles. The third kappa shape index (κ3) is 4.67. The number of amides is 1. The molecule has 0 saturated carbocycles. The second-order valence-electron chi connectivity index (χ2n) is 9.80. The first-order valence-electron chi connectivity index (χ1n) is 11.1. The van der Waals surface area contributed by atoms with Crippen molar-refractivity contribution < 1.29 is 22.7 Å². The van der Waals surface area contributed by atoms with Crippen LogP contribution in [0.4, 0.5) is 4.79 Å². The van der Waals surface area contributed by atoms with E-state index >= 15 is 0 Å². The number of rotatable bonds is 6. The van der Waals surface area contributed by atoms with Gasteiger partial charge in [-0.05, 0) is 57.7 Å². The van der Waals surface area contributed by atoms with E-state index in [1.165, 1.54) is 11.1 Å². The smallest absolute Gasteiger partial charge is 0.407 e. The van der Waals surface area contributed by atoms with E-state index in [0.717, 1.165) is 11.0 Å². The largest absolute Gasteiger partial charge is 0.499 e. The quantitative estimate of drug-likeness (QED) is 0.628. The number of carbonyl (C=O) groups excluding carboxylic acids is 1. The Kier molecular flexibility index (Phi) is 6.71. The lowest BCUT2D eigenvalue weighted by Crippen LogP contribution is -2.44. The Balaban J connectivity index is 2.13. The number of benzene rings is 1. The highest BCUT2D eigenvalue weighted by Crippen LogP contribution is 2.41. The lowest BCUT2D eigenvalue weighted by atomic mass is 9.89. The van der Waals surface area contributed by atoms with Gasteiger partial charge in [0.2, 0.25) is 0 Å². The number of fused-ring (bicyclic) bond motifs is 1. The molecule has 1 amide bonds.